The number of rotatable bonds is 4. The van der Waals surface area contributed by atoms with Crippen molar-refractivity contribution in [2.45, 2.75) is 64.2 Å². The van der Waals surface area contributed by atoms with Gasteiger partial charge in [-0.3, -0.25) is 0 Å². The number of fused-ring (bicyclic) bond motifs is 1. The average molecular weight is 278 g/mol. The molecule has 2 saturated heterocycles. The summed E-state index contributed by atoms with van der Waals surface area (Å²) < 4.78 is 23.7. The maximum atomic E-state index is 6.02. The quantitative estimate of drug-likeness (QED) is 0.848. The molecule has 0 bridgehead atoms. The van der Waals surface area contributed by atoms with E-state index in [1.807, 2.05) is 39.0 Å². The van der Waals surface area contributed by atoms with Crippen molar-refractivity contribution in [2.75, 3.05) is 0 Å². The van der Waals surface area contributed by atoms with Crippen LogP contribution in [0.15, 0.2) is 30.3 Å². The predicted molar refractivity (Wildman–Crippen MR) is 74.0 cm³/mol. The summed E-state index contributed by atoms with van der Waals surface area (Å²) in [7, 11) is 0. The lowest BCUT2D eigenvalue weighted by molar-refractivity contribution is -0.227. The minimum Gasteiger partial charge on any atom is -0.368 e. The molecule has 2 heterocycles. The first-order valence-electron chi connectivity index (χ1n) is 7.28. The van der Waals surface area contributed by atoms with E-state index in [9.17, 15) is 0 Å². The largest absolute Gasteiger partial charge is 0.368 e. The SMILES string of the molecule is CCC1(C)O[C@H]2O[C@H](C)[C@H](OCc3ccccc3)[C@H]2O1. The van der Waals surface area contributed by atoms with Gasteiger partial charge in [0.05, 0.1) is 12.7 Å². The highest BCUT2D eigenvalue weighted by atomic mass is 16.8. The third kappa shape index (κ3) is 2.61. The first-order valence-corrected chi connectivity index (χ1v) is 7.28. The Kier molecular flexibility index (Phi) is 3.82. The van der Waals surface area contributed by atoms with Crippen LogP contribution in [0.5, 0.6) is 0 Å². The van der Waals surface area contributed by atoms with Crippen molar-refractivity contribution in [1.82, 2.24) is 0 Å². The van der Waals surface area contributed by atoms with Gasteiger partial charge in [0.1, 0.15) is 12.2 Å². The van der Waals surface area contributed by atoms with Crippen LogP contribution in [0.1, 0.15) is 32.8 Å². The topological polar surface area (TPSA) is 36.9 Å². The summed E-state index contributed by atoms with van der Waals surface area (Å²) in [6.45, 7) is 6.57. The molecule has 2 aliphatic rings. The van der Waals surface area contributed by atoms with Crippen LogP contribution in [-0.2, 0) is 25.6 Å². The van der Waals surface area contributed by atoms with E-state index in [0.717, 1.165) is 12.0 Å². The summed E-state index contributed by atoms with van der Waals surface area (Å²) in [6.07, 6.45) is 0.237. The van der Waals surface area contributed by atoms with Crippen molar-refractivity contribution in [3.8, 4) is 0 Å². The zero-order valence-electron chi connectivity index (χ0n) is 12.2. The Balaban J connectivity index is 1.64. The van der Waals surface area contributed by atoms with Crippen LogP contribution in [-0.4, -0.2) is 30.4 Å². The first-order chi connectivity index (χ1) is 9.61. The fraction of sp³-hybridized carbons (Fsp3) is 0.625. The normalized spacial score (nSPS) is 40.0. The van der Waals surface area contributed by atoms with Gasteiger partial charge in [0.15, 0.2) is 12.1 Å². The van der Waals surface area contributed by atoms with Gasteiger partial charge in [-0.15, -0.1) is 0 Å². The first kappa shape index (κ1) is 14.0. The molecule has 0 spiro atoms. The summed E-state index contributed by atoms with van der Waals surface area (Å²) in [5.74, 6) is -0.552. The highest BCUT2D eigenvalue weighted by Crippen LogP contribution is 2.40. The molecule has 3 rings (SSSR count). The maximum Gasteiger partial charge on any atom is 0.190 e. The van der Waals surface area contributed by atoms with Gasteiger partial charge in [-0.05, 0) is 25.8 Å². The molecular formula is C16H22O4. The summed E-state index contributed by atoms with van der Waals surface area (Å²) in [4.78, 5) is 0. The Labute approximate surface area is 120 Å². The molecule has 1 aromatic rings. The van der Waals surface area contributed by atoms with Gasteiger partial charge >= 0.3 is 0 Å². The Hall–Kier alpha value is -0.940. The zero-order valence-corrected chi connectivity index (χ0v) is 12.2. The molecule has 2 aliphatic heterocycles. The highest BCUT2D eigenvalue weighted by Gasteiger charge is 2.54. The number of hydrogen-bond acceptors (Lipinski definition) is 4. The Morgan fingerprint density at radius 2 is 1.95 bits per heavy atom. The molecule has 1 unspecified atom stereocenters. The Morgan fingerprint density at radius 1 is 1.20 bits per heavy atom. The van der Waals surface area contributed by atoms with Gasteiger partial charge in [0, 0.05) is 0 Å². The van der Waals surface area contributed by atoms with Crippen LogP contribution < -0.4 is 0 Å². The lowest BCUT2D eigenvalue weighted by Gasteiger charge is -2.26. The van der Waals surface area contributed by atoms with Gasteiger partial charge in [-0.2, -0.15) is 0 Å². The zero-order chi connectivity index (χ0) is 14.2. The summed E-state index contributed by atoms with van der Waals surface area (Å²) >= 11 is 0. The van der Waals surface area contributed by atoms with E-state index in [1.54, 1.807) is 0 Å². The monoisotopic (exact) mass is 278 g/mol. The van der Waals surface area contributed by atoms with Crippen molar-refractivity contribution in [3.05, 3.63) is 35.9 Å². The van der Waals surface area contributed by atoms with Crippen LogP contribution in [0.2, 0.25) is 0 Å². The molecule has 110 valence electrons. The predicted octanol–water partition coefficient (Wildman–Crippen LogP) is 2.86. The summed E-state index contributed by atoms with van der Waals surface area (Å²) in [6, 6.07) is 10.1. The molecule has 0 aliphatic carbocycles. The van der Waals surface area contributed by atoms with Gasteiger partial charge in [-0.25, -0.2) is 0 Å². The molecule has 0 amide bonds. The standard InChI is InChI=1S/C16H22O4/c1-4-16(3)19-14-13(11(2)18-15(14)20-16)17-10-12-8-6-5-7-9-12/h5-9,11,13-15H,4,10H2,1-3H3/t11-,13+,14-,15-,16?/m1/s1. The summed E-state index contributed by atoms with van der Waals surface area (Å²) in [5.41, 5.74) is 1.15. The number of benzene rings is 1. The fourth-order valence-electron chi connectivity index (χ4n) is 2.73. The smallest absolute Gasteiger partial charge is 0.190 e. The molecule has 1 aromatic carbocycles. The molecule has 0 aromatic heterocycles. The van der Waals surface area contributed by atoms with Gasteiger partial charge < -0.3 is 18.9 Å². The number of hydrogen-bond donors (Lipinski definition) is 0. The number of ether oxygens (including phenoxy) is 4. The van der Waals surface area contributed by atoms with E-state index in [1.165, 1.54) is 0 Å². The van der Waals surface area contributed by atoms with Crippen LogP contribution in [0.4, 0.5) is 0 Å². The molecule has 20 heavy (non-hydrogen) atoms. The minimum atomic E-state index is -0.552. The molecule has 0 N–H and O–H groups in total. The summed E-state index contributed by atoms with van der Waals surface area (Å²) in [5, 5.41) is 0. The second-order valence-electron chi connectivity index (χ2n) is 5.66. The second kappa shape index (κ2) is 5.45. The molecular weight excluding hydrogens is 256 g/mol. The molecule has 2 fully saturated rings. The highest BCUT2D eigenvalue weighted by molar-refractivity contribution is 5.13. The second-order valence-corrected chi connectivity index (χ2v) is 5.66. The van der Waals surface area contributed by atoms with Crippen molar-refractivity contribution < 1.29 is 18.9 Å². The fourth-order valence-corrected chi connectivity index (χ4v) is 2.73. The van der Waals surface area contributed by atoms with Crippen molar-refractivity contribution in [1.29, 1.82) is 0 Å². The lowest BCUT2D eigenvalue weighted by atomic mass is 10.1. The minimum absolute atomic E-state index is 0.0184. The molecule has 4 nitrogen and oxygen atoms in total. The third-order valence-electron chi connectivity index (χ3n) is 4.08. The van der Waals surface area contributed by atoms with E-state index in [2.05, 4.69) is 12.1 Å². The average Bonchev–Trinajstić information content (AvgIpc) is 2.91. The lowest BCUT2D eigenvalue weighted by Crippen LogP contribution is -2.36. The van der Waals surface area contributed by atoms with Crippen molar-refractivity contribution in [2.24, 2.45) is 0 Å². The van der Waals surface area contributed by atoms with E-state index in [-0.39, 0.29) is 24.6 Å². The van der Waals surface area contributed by atoms with E-state index in [0.29, 0.717) is 6.61 Å². The van der Waals surface area contributed by atoms with Crippen molar-refractivity contribution >= 4 is 0 Å². The van der Waals surface area contributed by atoms with E-state index >= 15 is 0 Å². The van der Waals surface area contributed by atoms with E-state index in [4.69, 9.17) is 18.9 Å². The van der Waals surface area contributed by atoms with Gasteiger partial charge in [-0.1, -0.05) is 37.3 Å². The molecule has 4 heteroatoms. The van der Waals surface area contributed by atoms with Gasteiger partial charge in [0.25, 0.3) is 0 Å². The maximum absolute atomic E-state index is 6.02. The van der Waals surface area contributed by atoms with Crippen LogP contribution in [0.25, 0.3) is 0 Å². The molecule has 0 radical (unpaired) electrons. The Morgan fingerprint density at radius 3 is 2.65 bits per heavy atom. The molecule has 0 saturated carbocycles. The van der Waals surface area contributed by atoms with Gasteiger partial charge in [0.2, 0.25) is 0 Å². The van der Waals surface area contributed by atoms with Crippen LogP contribution >= 0.6 is 0 Å². The van der Waals surface area contributed by atoms with E-state index < -0.39 is 5.79 Å². The van der Waals surface area contributed by atoms with Crippen LogP contribution in [0.3, 0.4) is 0 Å². The third-order valence-corrected chi connectivity index (χ3v) is 4.08. The molecule has 5 atom stereocenters. The van der Waals surface area contributed by atoms with Crippen LogP contribution in [0, 0.1) is 0 Å². The van der Waals surface area contributed by atoms with Crippen molar-refractivity contribution in [3.63, 3.8) is 0 Å². The Bertz CT molecular complexity index is 449.